The van der Waals surface area contributed by atoms with Crippen molar-refractivity contribution in [3.05, 3.63) is 79.7 Å². The van der Waals surface area contributed by atoms with Crippen LogP contribution in [0.25, 0.3) is 0 Å². The monoisotopic (exact) mass is 246 g/mol. The Balaban J connectivity index is 0. The van der Waals surface area contributed by atoms with Gasteiger partial charge in [0.05, 0.1) is 0 Å². The summed E-state index contributed by atoms with van der Waals surface area (Å²) in [5, 5.41) is 0. The maximum atomic E-state index is 4.96. The third kappa shape index (κ3) is 15.5. The van der Waals surface area contributed by atoms with Gasteiger partial charge in [-0.05, 0) is 0 Å². The summed E-state index contributed by atoms with van der Waals surface area (Å²) in [6.45, 7) is 7.00. The summed E-state index contributed by atoms with van der Waals surface area (Å²) in [5.41, 5.74) is 0. The molecule has 0 aromatic heterocycles. The molecule has 0 saturated heterocycles. The summed E-state index contributed by atoms with van der Waals surface area (Å²) >= 11 is 0. The first-order valence-electron chi connectivity index (χ1n) is 5.12. The van der Waals surface area contributed by atoms with Crippen LogP contribution in [0.15, 0.2) is 66.7 Å². The van der Waals surface area contributed by atoms with Crippen molar-refractivity contribution in [3.63, 3.8) is 0 Å². The Morgan fingerprint density at radius 2 is 1.38 bits per heavy atom. The van der Waals surface area contributed by atoms with Crippen LogP contribution in [0, 0.1) is 13.0 Å². The van der Waals surface area contributed by atoms with Crippen LogP contribution in [0.1, 0.15) is 13.3 Å². The van der Waals surface area contributed by atoms with E-state index in [9.17, 15) is 0 Å². The third-order valence-electron chi connectivity index (χ3n) is 1.48. The summed E-state index contributed by atoms with van der Waals surface area (Å²) in [5.74, 6) is 0. The Kier molecular flexibility index (Phi) is 17.9. The normalized spacial score (nSPS) is 7.06. The molecule has 0 aliphatic carbocycles. The molecule has 2 aromatic carbocycles. The minimum absolute atomic E-state index is 0. The Labute approximate surface area is 115 Å². The van der Waals surface area contributed by atoms with Crippen LogP contribution in [-0.2, 0) is 21.7 Å². The molecule has 0 heterocycles. The van der Waals surface area contributed by atoms with Gasteiger partial charge in [-0.1, -0.05) is 6.92 Å². The second-order valence-corrected chi connectivity index (χ2v) is 2.76. The second kappa shape index (κ2) is 16.5. The van der Waals surface area contributed by atoms with Gasteiger partial charge in [-0.2, -0.15) is 42.8 Å². The van der Waals surface area contributed by atoms with Crippen molar-refractivity contribution >= 4 is 0 Å². The van der Waals surface area contributed by atoms with Crippen LogP contribution in [0.3, 0.4) is 0 Å². The van der Waals surface area contributed by atoms with E-state index in [2.05, 4.69) is 0 Å². The van der Waals surface area contributed by atoms with Crippen LogP contribution in [0.2, 0.25) is 0 Å². The van der Waals surface area contributed by atoms with Crippen molar-refractivity contribution in [1.82, 2.24) is 0 Å². The molecule has 0 aliphatic heterocycles. The predicted molar refractivity (Wildman–Crippen MR) is 67.5 cm³/mol. The van der Waals surface area contributed by atoms with Crippen molar-refractivity contribution in [2.24, 2.45) is 0 Å². The van der Waals surface area contributed by atoms with E-state index in [4.69, 9.17) is 6.58 Å². The van der Waals surface area contributed by atoms with Crippen molar-refractivity contribution in [2.45, 2.75) is 13.3 Å². The number of hydrogen-bond acceptors (Lipinski definition) is 0. The standard InChI is InChI=1S/2C5H5.C5H8.Ti/c2*1-2-4-5-3-1;1-3-5-4-2;/h2*1-5H;1,3,5H,4H2,2H3;/q2*-1;-2;+4. The molecule has 0 fully saturated rings. The minimum Gasteiger partial charge on any atom is -0.549 e. The van der Waals surface area contributed by atoms with Crippen molar-refractivity contribution in [3.8, 4) is 0 Å². The van der Waals surface area contributed by atoms with Gasteiger partial charge in [0.25, 0.3) is 0 Å². The maximum Gasteiger partial charge on any atom is 4.00 e. The van der Waals surface area contributed by atoms with Crippen LogP contribution < -0.4 is 0 Å². The zero-order valence-corrected chi connectivity index (χ0v) is 11.3. The fraction of sp³-hybridized carbons (Fsp3) is 0.133. The van der Waals surface area contributed by atoms with Gasteiger partial charge in [-0.15, -0.1) is 0 Å². The molecule has 0 spiro atoms. The molecule has 1 heteroatoms. The zero-order chi connectivity index (χ0) is 11.2. The summed E-state index contributed by atoms with van der Waals surface area (Å²) in [7, 11) is 0. The predicted octanol–water partition coefficient (Wildman–Crippen LogP) is 4.40. The molecule has 0 aliphatic rings. The SMILES string of the molecule is [CH-]=C[CH-]CC.[Ti+4].c1cc[cH-]c1.c1cc[cH-]c1. The van der Waals surface area contributed by atoms with Crippen LogP contribution in [0.4, 0.5) is 0 Å². The Morgan fingerprint density at radius 1 is 1.00 bits per heavy atom. The van der Waals surface area contributed by atoms with Gasteiger partial charge < -0.3 is 19.1 Å². The molecule has 0 amide bonds. The average molecular weight is 246 g/mol. The van der Waals surface area contributed by atoms with E-state index in [1.54, 1.807) is 6.08 Å². The van der Waals surface area contributed by atoms with Crippen molar-refractivity contribution < 1.29 is 21.7 Å². The minimum atomic E-state index is 0. The fourth-order valence-corrected chi connectivity index (χ4v) is 0.778. The van der Waals surface area contributed by atoms with E-state index >= 15 is 0 Å². The van der Waals surface area contributed by atoms with Gasteiger partial charge in [0.1, 0.15) is 0 Å². The van der Waals surface area contributed by atoms with E-state index in [-0.39, 0.29) is 21.7 Å². The van der Waals surface area contributed by atoms with Gasteiger partial charge in [-0.25, -0.2) is 24.3 Å². The quantitative estimate of drug-likeness (QED) is 0.544. The molecule has 82 valence electrons. The van der Waals surface area contributed by atoms with E-state index in [1.165, 1.54) is 0 Å². The molecule has 0 unspecified atom stereocenters. The first kappa shape index (κ1) is 17.4. The summed E-state index contributed by atoms with van der Waals surface area (Å²) in [4.78, 5) is 0. The number of allylic oxidation sites excluding steroid dienone is 1. The number of unbranched alkanes of at least 4 members (excludes halogenated alkanes) is 1. The average Bonchev–Trinajstić information content (AvgIpc) is 2.99. The van der Waals surface area contributed by atoms with Gasteiger partial charge in [0.2, 0.25) is 0 Å². The van der Waals surface area contributed by atoms with Crippen molar-refractivity contribution in [1.29, 1.82) is 0 Å². The second-order valence-electron chi connectivity index (χ2n) is 2.76. The first-order chi connectivity index (χ1) is 7.41. The Hall–Kier alpha value is -0.976. The summed E-state index contributed by atoms with van der Waals surface area (Å²) in [6, 6.07) is 20.0. The first-order valence-corrected chi connectivity index (χ1v) is 5.12. The van der Waals surface area contributed by atoms with Gasteiger partial charge >= 0.3 is 21.7 Å². The fourth-order valence-electron chi connectivity index (χ4n) is 0.778. The molecular weight excluding hydrogens is 228 g/mol. The Morgan fingerprint density at radius 3 is 1.44 bits per heavy atom. The van der Waals surface area contributed by atoms with E-state index in [0.29, 0.717) is 0 Å². The van der Waals surface area contributed by atoms with Crippen LogP contribution in [0.5, 0.6) is 0 Å². The molecule has 16 heavy (non-hydrogen) atoms. The van der Waals surface area contributed by atoms with Crippen LogP contribution in [-0.4, -0.2) is 0 Å². The summed E-state index contributed by atoms with van der Waals surface area (Å²) < 4.78 is 0. The zero-order valence-electron chi connectivity index (χ0n) is 9.71. The molecule has 0 atom stereocenters. The number of rotatable bonds is 2. The topological polar surface area (TPSA) is 0 Å². The molecule has 2 rings (SSSR count). The van der Waals surface area contributed by atoms with Gasteiger partial charge in [0, 0.05) is 0 Å². The van der Waals surface area contributed by atoms with Gasteiger partial charge in [0.15, 0.2) is 0 Å². The maximum absolute atomic E-state index is 4.96. The molecule has 0 bridgehead atoms. The molecule has 0 N–H and O–H groups in total. The largest absolute Gasteiger partial charge is 4.00 e. The van der Waals surface area contributed by atoms with Crippen LogP contribution >= 0.6 is 0 Å². The number of hydrogen-bond donors (Lipinski definition) is 0. The third-order valence-corrected chi connectivity index (χ3v) is 1.48. The van der Waals surface area contributed by atoms with E-state index in [0.717, 1.165) is 6.42 Å². The molecule has 2 aromatic rings. The van der Waals surface area contributed by atoms with Gasteiger partial charge in [-0.3, -0.25) is 0 Å². The van der Waals surface area contributed by atoms with Crippen molar-refractivity contribution in [2.75, 3.05) is 0 Å². The molecule has 0 radical (unpaired) electrons. The Bertz CT molecular complexity index is 206. The molecular formula is C15H18Ti. The molecule has 0 nitrogen and oxygen atoms in total. The molecule has 0 saturated carbocycles. The van der Waals surface area contributed by atoms with E-state index in [1.807, 2.05) is 74.0 Å². The van der Waals surface area contributed by atoms with E-state index < -0.39 is 0 Å². The summed E-state index contributed by atoms with van der Waals surface area (Å²) in [6.07, 6.45) is 4.50. The smallest absolute Gasteiger partial charge is 0.549 e.